The first kappa shape index (κ1) is 14.4. The van der Waals surface area contributed by atoms with Gasteiger partial charge in [-0.25, -0.2) is 0 Å². The fourth-order valence-electron chi connectivity index (χ4n) is 1.86. The first-order chi connectivity index (χ1) is 10.7. The van der Waals surface area contributed by atoms with Crippen LogP contribution in [0.4, 0.5) is 11.7 Å². The molecule has 2 aromatic carbocycles. The maximum Gasteiger partial charge on any atom is 0.320 e. The van der Waals surface area contributed by atoms with E-state index in [0.717, 1.165) is 5.69 Å². The Morgan fingerprint density at radius 1 is 1.05 bits per heavy atom. The third kappa shape index (κ3) is 3.56. The molecule has 0 aliphatic heterocycles. The summed E-state index contributed by atoms with van der Waals surface area (Å²) >= 11 is 5.84. The van der Waals surface area contributed by atoms with Gasteiger partial charge in [-0.05, 0) is 43.3 Å². The molecule has 1 heterocycles. The Morgan fingerprint density at radius 2 is 1.77 bits per heavy atom. The number of ether oxygens (including phenoxy) is 1. The van der Waals surface area contributed by atoms with E-state index >= 15 is 0 Å². The monoisotopic (exact) mass is 315 g/mol. The molecule has 3 aromatic rings. The van der Waals surface area contributed by atoms with Crippen molar-refractivity contribution in [2.75, 3.05) is 5.32 Å². The zero-order valence-electron chi connectivity index (χ0n) is 11.9. The molecule has 1 N–H and O–H groups in total. The summed E-state index contributed by atoms with van der Waals surface area (Å²) in [6.45, 7) is 1.84. The lowest BCUT2D eigenvalue weighted by atomic mass is 10.3. The van der Waals surface area contributed by atoms with E-state index in [1.807, 2.05) is 37.3 Å². The number of anilines is 2. The molecule has 3 rings (SSSR count). The highest BCUT2D eigenvalue weighted by Gasteiger charge is 2.15. The lowest BCUT2D eigenvalue weighted by Crippen LogP contribution is -2.03. The standard InChI is InChI=1S/C16H14ClN3O2/c1-11(21-14-9-7-12(17)8-10-14)15-19-20-16(22-15)18-13-5-3-2-4-6-13/h2-11H,1H3,(H,18,20). The van der Waals surface area contributed by atoms with Gasteiger partial charge in [-0.2, -0.15) is 0 Å². The van der Waals surface area contributed by atoms with E-state index in [4.69, 9.17) is 20.8 Å². The summed E-state index contributed by atoms with van der Waals surface area (Å²) in [6.07, 6.45) is -0.361. The summed E-state index contributed by atoms with van der Waals surface area (Å²) in [5, 5.41) is 11.7. The van der Waals surface area contributed by atoms with Crippen molar-refractivity contribution in [1.82, 2.24) is 10.2 Å². The Bertz CT molecular complexity index is 729. The van der Waals surface area contributed by atoms with Gasteiger partial charge in [0.1, 0.15) is 5.75 Å². The Morgan fingerprint density at radius 3 is 2.50 bits per heavy atom. The number of nitrogens with one attached hydrogen (secondary N) is 1. The highest BCUT2D eigenvalue weighted by Crippen LogP contribution is 2.24. The molecule has 22 heavy (non-hydrogen) atoms. The normalized spacial score (nSPS) is 11.9. The Labute approximate surface area is 132 Å². The third-order valence-corrected chi connectivity index (χ3v) is 3.19. The second-order valence-electron chi connectivity index (χ2n) is 4.65. The van der Waals surface area contributed by atoms with Crippen molar-refractivity contribution < 1.29 is 9.15 Å². The van der Waals surface area contributed by atoms with Crippen molar-refractivity contribution in [2.45, 2.75) is 13.0 Å². The molecule has 1 aromatic heterocycles. The maximum atomic E-state index is 5.84. The molecular formula is C16H14ClN3O2. The topological polar surface area (TPSA) is 60.2 Å². The maximum absolute atomic E-state index is 5.84. The molecule has 0 fully saturated rings. The van der Waals surface area contributed by atoms with E-state index in [1.54, 1.807) is 24.3 Å². The SMILES string of the molecule is CC(Oc1ccc(Cl)cc1)c1nnc(Nc2ccccc2)o1. The summed E-state index contributed by atoms with van der Waals surface area (Å²) < 4.78 is 11.3. The fraction of sp³-hybridized carbons (Fsp3) is 0.125. The van der Waals surface area contributed by atoms with Crippen LogP contribution in [-0.4, -0.2) is 10.2 Å². The molecule has 0 aliphatic carbocycles. The van der Waals surface area contributed by atoms with Gasteiger partial charge in [0, 0.05) is 10.7 Å². The van der Waals surface area contributed by atoms with Gasteiger partial charge in [0.05, 0.1) is 0 Å². The molecule has 5 nitrogen and oxygen atoms in total. The zero-order chi connectivity index (χ0) is 15.4. The molecule has 112 valence electrons. The second kappa shape index (κ2) is 6.49. The Kier molecular flexibility index (Phi) is 4.25. The van der Waals surface area contributed by atoms with E-state index in [1.165, 1.54) is 0 Å². The van der Waals surface area contributed by atoms with Crippen LogP contribution in [0.15, 0.2) is 59.0 Å². The minimum atomic E-state index is -0.361. The van der Waals surface area contributed by atoms with Crippen LogP contribution in [0.2, 0.25) is 5.02 Å². The number of hydrogen-bond donors (Lipinski definition) is 1. The van der Waals surface area contributed by atoms with Gasteiger partial charge < -0.3 is 14.5 Å². The Hall–Kier alpha value is -2.53. The number of nitrogens with zero attached hydrogens (tertiary/aromatic N) is 2. The van der Waals surface area contributed by atoms with Gasteiger partial charge in [-0.3, -0.25) is 0 Å². The smallest absolute Gasteiger partial charge is 0.320 e. The van der Waals surface area contributed by atoms with Crippen molar-refractivity contribution >= 4 is 23.3 Å². The van der Waals surface area contributed by atoms with Crippen molar-refractivity contribution in [3.63, 3.8) is 0 Å². The molecule has 0 spiro atoms. The molecule has 0 amide bonds. The minimum Gasteiger partial charge on any atom is -0.481 e. The molecule has 6 heteroatoms. The van der Waals surface area contributed by atoms with Crippen LogP contribution < -0.4 is 10.1 Å². The molecule has 1 atom stereocenters. The largest absolute Gasteiger partial charge is 0.481 e. The molecule has 0 bridgehead atoms. The summed E-state index contributed by atoms with van der Waals surface area (Å²) in [5.41, 5.74) is 0.879. The second-order valence-corrected chi connectivity index (χ2v) is 5.09. The summed E-state index contributed by atoms with van der Waals surface area (Å²) in [5.74, 6) is 1.08. The Balaban J connectivity index is 1.66. The van der Waals surface area contributed by atoms with Crippen LogP contribution in [0.3, 0.4) is 0 Å². The zero-order valence-corrected chi connectivity index (χ0v) is 12.6. The van der Waals surface area contributed by atoms with E-state index in [-0.39, 0.29) is 6.10 Å². The lowest BCUT2D eigenvalue weighted by molar-refractivity contribution is 0.190. The average Bonchev–Trinajstić information content (AvgIpc) is 2.99. The predicted octanol–water partition coefficient (Wildman–Crippen LogP) is 4.61. The molecule has 0 saturated heterocycles. The van der Waals surface area contributed by atoms with E-state index < -0.39 is 0 Å². The summed E-state index contributed by atoms with van der Waals surface area (Å²) in [7, 11) is 0. The molecule has 1 unspecified atom stereocenters. The van der Waals surface area contributed by atoms with Crippen LogP contribution in [0.5, 0.6) is 5.75 Å². The van der Waals surface area contributed by atoms with Gasteiger partial charge in [0.25, 0.3) is 5.89 Å². The lowest BCUT2D eigenvalue weighted by Gasteiger charge is -2.10. The van der Waals surface area contributed by atoms with Crippen LogP contribution in [0, 0.1) is 0 Å². The van der Waals surface area contributed by atoms with Gasteiger partial charge in [-0.15, -0.1) is 5.10 Å². The van der Waals surface area contributed by atoms with Crippen molar-refractivity contribution in [1.29, 1.82) is 0 Å². The molecule has 0 radical (unpaired) electrons. The van der Waals surface area contributed by atoms with Gasteiger partial charge in [0.15, 0.2) is 6.10 Å². The highest BCUT2D eigenvalue weighted by atomic mass is 35.5. The van der Waals surface area contributed by atoms with Gasteiger partial charge in [0.2, 0.25) is 0 Å². The molecule has 0 aliphatic rings. The fourth-order valence-corrected chi connectivity index (χ4v) is 1.99. The van der Waals surface area contributed by atoms with Gasteiger partial charge in [-0.1, -0.05) is 34.9 Å². The van der Waals surface area contributed by atoms with Crippen LogP contribution >= 0.6 is 11.6 Å². The molecular weight excluding hydrogens is 302 g/mol. The highest BCUT2D eigenvalue weighted by molar-refractivity contribution is 6.30. The van der Waals surface area contributed by atoms with Crippen molar-refractivity contribution in [3.05, 3.63) is 65.5 Å². The number of para-hydroxylation sites is 1. The first-order valence-electron chi connectivity index (χ1n) is 6.78. The van der Waals surface area contributed by atoms with Crippen molar-refractivity contribution in [2.24, 2.45) is 0 Å². The van der Waals surface area contributed by atoms with E-state index in [9.17, 15) is 0 Å². The van der Waals surface area contributed by atoms with Crippen molar-refractivity contribution in [3.8, 4) is 5.75 Å². The third-order valence-electron chi connectivity index (χ3n) is 2.94. The van der Waals surface area contributed by atoms with Crippen LogP contribution in [0.25, 0.3) is 0 Å². The predicted molar refractivity (Wildman–Crippen MR) is 84.5 cm³/mol. The number of hydrogen-bond acceptors (Lipinski definition) is 5. The van der Waals surface area contributed by atoms with Gasteiger partial charge >= 0.3 is 6.01 Å². The average molecular weight is 316 g/mol. The van der Waals surface area contributed by atoms with Crippen LogP contribution in [-0.2, 0) is 0 Å². The number of halogens is 1. The number of aromatic nitrogens is 2. The first-order valence-corrected chi connectivity index (χ1v) is 7.16. The molecule has 0 saturated carbocycles. The van der Waals surface area contributed by atoms with Crippen LogP contribution in [0.1, 0.15) is 18.9 Å². The minimum absolute atomic E-state index is 0.327. The van der Waals surface area contributed by atoms with E-state index in [0.29, 0.717) is 22.7 Å². The van der Waals surface area contributed by atoms with E-state index in [2.05, 4.69) is 15.5 Å². The summed E-state index contributed by atoms with van der Waals surface area (Å²) in [4.78, 5) is 0. The quantitative estimate of drug-likeness (QED) is 0.745. The summed E-state index contributed by atoms with van der Waals surface area (Å²) in [6, 6.07) is 17.0. The number of benzene rings is 2. The number of rotatable bonds is 5.